The second-order valence-corrected chi connectivity index (χ2v) is 12.6. The van der Waals surface area contributed by atoms with Crippen LogP contribution in [0.15, 0.2) is 103 Å². The van der Waals surface area contributed by atoms with Gasteiger partial charge in [0, 0.05) is 68.6 Å². The molecule has 6 rings (SSSR count). The predicted octanol–water partition coefficient (Wildman–Crippen LogP) is 5.69. The minimum Gasteiger partial charge on any atom is -0.439 e. The van der Waals surface area contributed by atoms with E-state index in [1.54, 1.807) is 12.4 Å². The lowest BCUT2D eigenvalue weighted by Crippen LogP contribution is -2.24. The number of rotatable bonds is 6. The molecule has 0 radical (unpaired) electrons. The van der Waals surface area contributed by atoms with Gasteiger partial charge >= 0.3 is 0 Å². The van der Waals surface area contributed by atoms with Gasteiger partial charge in [0.25, 0.3) is 0 Å². The van der Waals surface area contributed by atoms with Crippen LogP contribution in [0.3, 0.4) is 0 Å². The molecule has 1 aliphatic heterocycles. The lowest BCUT2D eigenvalue weighted by atomic mass is 10.0. The average Bonchev–Trinajstić information content (AvgIpc) is 3.22. The van der Waals surface area contributed by atoms with E-state index in [0.717, 1.165) is 44.2 Å². The molecule has 6 nitrogen and oxygen atoms in total. The normalized spacial score (nSPS) is 15.4. The van der Waals surface area contributed by atoms with Gasteiger partial charge in [0.1, 0.15) is 11.2 Å². The molecule has 0 fully saturated rings. The van der Waals surface area contributed by atoms with Gasteiger partial charge in [0.15, 0.2) is 7.14 Å². The summed E-state index contributed by atoms with van der Waals surface area (Å²) in [6.45, 7) is 0. The number of anilines is 2. The topological polar surface area (TPSA) is 58.6 Å². The van der Waals surface area contributed by atoms with Crippen LogP contribution in [-0.2, 0) is 4.57 Å². The Morgan fingerprint density at radius 1 is 0.641 bits per heavy atom. The van der Waals surface area contributed by atoms with E-state index in [-0.39, 0.29) is 0 Å². The van der Waals surface area contributed by atoms with Crippen LogP contribution in [0.25, 0.3) is 22.3 Å². The largest absolute Gasteiger partial charge is 0.439 e. The molecule has 0 saturated heterocycles. The first-order valence-electron chi connectivity index (χ1n) is 12.7. The van der Waals surface area contributed by atoms with E-state index in [9.17, 15) is 0 Å². The van der Waals surface area contributed by atoms with Crippen molar-refractivity contribution in [1.82, 2.24) is 9.97 Å². The number of benzene rings is 3. The molecule has 194 valence electrons. The summed E-state index contributed by atoms with van der Waals surface area (Å²) >= 11 is 0. The highest BCUT2D eigenvalue weighted by atomic mass is 31.2. The van der Waals surface area contributed by atoms with Crippen molar-refractivity contribution in [3.63, 3.8) is 0 Å². The minimum absolute atomic E-state index is 0.527. The summed E-state index contributed by atoms with van der Waals surface area (Å²) < 4.78 is 21.2. The van der Waals surface area contributed by atoms with Gasteiger partial charge in [-0.1, -0.05) is 48.5 Å². The number of ether oxygens (including phenoxy) is 1. The summed E-state index contributed by atoms with van der Waals surface area (Å²) in [5, 5.41) is 1.65. The Hall–Kier alpha value is -4.41. The van der Waals surface area contributed by atoms with Crippen LogP contribution in [0.5, 0.6) is 11.6 Å². The van der Waals surface area contributed by atoms with Crippen molar-refractivity contribution < 1.29 is 9.30 Å². The monoisotopic (exact) mass is 532 g/mol. The Morgan fingerprint density at radius 3 is 2.13 bits per heavy atom. The molecule has 0 amide bonds. The fourth-order valence-electron chi connectivity index (χ4n) is 5.00. The maximum Gasteiger partial charge on any atom is 0.221 e. The number of hydrogen-bond acceptors (Lipinski definition) is 6. The lowest BCUT2D eigenvalue weighted by molar-refractivity contribution is 0.463. The molecule has 0 aliphatic carbocycles. The lowest BCUT2D eigenvalue weighted by Gasteiger charge is -2.18. The van der Waals surface area contributed by atoms with Crippen molar-refractivity contribution in [3.8, 4) is 33.9 Å². The van der Waals surface area contributed by atoms with Crippen molar-refractivity contribution in [2.24, 2.45) is 0 Å². The third-order valence-electron chi connectivity index (χ3n) is 7.06. The first-order valence-corrected chi connectivity index (χ1v) is 14.5. The molecule has 1 unspecified atom stereocenters. The number of fused-ring (bicyclic) bond motifs is 3. The molecule has 39 heavy (non-hydrogen) atoms. The molecule has 5 aromatic rings. The molecule has 3 aromatic carbocycles. The van der Waals surface area contributed by atoms with Gasteiger partial charge in [0.2, 0.25) is 5.88 Å². The third kappa shape index (κ3) is 4.37. The van der Waals surface area contributed by atoms with Crippen LogP contribution in [0, 0.1) is 0 Å². The minimum atomic E-state index is -3.18. The van der Waals surface area contributed by atoms with Crippen molar-refractivity contribution in [2.45, 2.75) is 0 Å². The van der Waals surface area contributed by atoms with E-state index in [4.69, 9.17) is 4.74 Å². The molecule has 0 spiro atoms. The maximum absolute atomic E-state index is 15.1. The van der Waals surface area contributed by atoms with Crippen LogP contribution in [0.1, 0.15) is 0 Å². The highest BCUT2D eigenvalue weighted by Gasteiger charge is 2.41. The highest BCUT2D eigenvalue weighted by Crippen LogP contribution is 2.52. The highest BCUT2D eigenvalue weighted by molar-refractivity contribution is 7.86. The van der Waals surface area contributed by atoms with Gasteiger partial charge in [-0.2, -0.15) is 0 Å². The van der Waals surface area contributed by atoms with Crippen molar-refractivity contribution in [3.05, 3.63) is 103 Å². The van der Waals surface area contributed by atoms with Crippen LogP contribution < -0.4 is 30.6 Å². The van der Waals surface area contributed by atoms with Gasteiger partial charge in [-0.3, -0.25) is 4.98 Å². The molecule has 3 heterocycles. The SMILES string of the molecule is CN(C)c1ccnc(Oc2cccc(-c3ccc4c(c3)P(=O)(c3cc(N(C)C)ccn3)c3ccccc3-4)c2)c1. The van der Waals surface area contributed by atoms with E-state index >= 15 is 4.57 Å². The van der Waals surface area contributed by atoms with Crippen LogP contribution in [0.4, 0.5) is 11.4 Å². The summed E-state index contributed by atoms with van der Waals surface area (Å²) in [5.41, 5.74) is 6.50. The van der Waals surface area contributed by atoms with Crippen LogP contribution in [-0.4, -0.2) is 38.2 Å². The van der Waals surface area contributed by atoms with Gasteiger partial charge in [-0.05, 0) is 58.7 Å². The average molecular weight is 533 g/mol. The first kappa shape index (κ1) is 24.9. The number of pyridine rings is 2. The summed E-state index contributed by atoms with van der Waals surface area (Å²) in [6.07, 6.45) is 3.48. The predicted molar refractivity (Wildman–Crippen MR) is 161 cm³/mol. The van der Waals surface area contributed by atoms with E-state index < -0.39 is 7.14 Å². The molecular formula is C32H29N4O2P. The van der Waals surface area contributed by atoms with Gasteiger partial charge in [0.05, 0.1) is 0 Å². The van der Waals surface area contributed by atoms with Crippen molar-refractivity contribution >= 4 is 34.6 Å². The summed E-state index contributed by atoms with van der Waals surface area (Å²) in [5.74, 6) is 1.21. The zero-order valence-electron chi connectivity index (χ0n) is 22.4. The standard InChI is InChI=1S/C32H29N4O2P/c1-35(2)24-14-16-33-31(20-24)38-26-9-7-8-22(18-26)23-12-13-28-27-10-5-6-11-29(27)39(37,30(28)19-23)32-21-25(36(3)4)15-17-34-32/h5-21H,1-4H3. The summed E-state index contributed by atoms with van der Waals surface area (Å²) in [7, 11) is 4.74. The summed E-state index contributed by atoms with van der Waals surface area (Å²) in [6, 6.07) is 29.8. The molecule has 0 N–H and O–H groups in total. The molecule has 7 heteroatoms. The van der Waals surface area contributed by atoms with Gasteiger partial charge < -0.3 is 19.1 Å². The van der Waals surface area contributed by atoms with E-state index in [1.807, 2.05) is 111 Å². The Balaban J connectivity index is 1.43. The Morgan fingerprint density at radius 2 is 1.33 bits per heavy atom. The summed E-state index contributed by atoms with van der Waals surface area (Å²) in [4.78, 5) is 13.0. The number of hydrogen-bond donors (Lipinski definition) is 0. The third-order valence-corrected chi connectivity index (χ3v) is 10.1. The van der Waals surface area contributed by atoms with Crippen LogP contribution in [0.2, 0.25) is 0 Å². The quantitative estimate of drug-likeness (QED) is 0.257. The zero-order chi connectivity index (χ0) is 27.1. The number of nitrogens with zero attached hydrogens (tertiary/aromatic N) is 4. The second-order valence-electron chi connectivity index (χ2n) is 10.0. The van der Waals surface area contributed by atoms with Crippen LogP contribution >= 0.6 is 7.14 Å². The number of aromatic nitrogens is 2. The zero-order valence-corrected chi connectivity index (χ0v) is 23.3. The molecule has 2 aromatic heterocycles. The Bertz CT molecular complexity index is 1750. The molecule has 1 aliphatic rings. The Labute approximate surface area is 228 Å². The van der Waals surface area contributed by atoms with Crippen molar-refractivity contribution in [2.75, 3.05) is 38.0 Å². The van der Waals surface area contributed by atoms with E-state index in [1.165, 1.54) is 0 Å². The van der Waals surface area contributed by atoms with Crippen molar-refractivity contribution in [1.29, 1.82) is 0 Å². The fraction of sp³-hybridized carbons (Fsp3) is 0.125. The van der Waals surface area contributed by atoms with E-state index in [0.29, 0.717) is 17.1 Å². The van der Waals surface area contributed by atoms with Gasteiger partial charge in [-0.25, -0.2) is 4.98 Å². The molecule has 1 atom stereocenters. The van der Waals surface area contributed by atoms with Gasteiger partial charge in [-0.15, -0.1) is 0 Å². The fourth-order valence-corrected chi connectivity index (χ4v) is 7.98. The van der Waals surface area contributed by atoms with E-state index in [2.05, 4.69) is 28.2 Å². The molecular weight excluding hydrogens is 503 g/mol. The Kier molecular flexibility index (Phi) is 6.20. The maximum atomic E-state index is 15.1. The smallest absolute Gasteiger partial charge is 0.221 e. The molecule has 0 bridgehead atoms. The second kappa shape index (κ2) is 9.72. The molecule has 0 saturated carbocycles. The first-order chi connectivity index (χ1) is 18.8.